The first-order chi connectivity index (χ1) is 10.2. The van der Waals surface area contributed by atoms with E-state index >= 15 is 0 Å². The lowest BCUT2D eigenvalue weighted by molar-refractivity contribution is -0.00598. The lowest BCUT2D eigenvalue weighted by atomic mass is 10.1. The van der Waals surface area contributed by atoms with E-state index in [0.29, 0.717) is 12.1 Å². The number of nitrogens with zero attached hydrogens (tertiary/aromatic N) is 1. The molecule has 0 saturated carbocycles. The molecule has 1 saturated heterocycles. The summed E-state index contributed by atoms with van der Waals surface area (Å²) in [6.07, 6.45) is 1.53. The molecule has 0 bridgehead atoms. The largest absolute Gasteiger partial charge is 0.375 e. The van der Waals surface area contributed by atoms with Crippen LogP contribution in [0.1, 0.15) is 31.9 Å². The Morgan fingerprint density at radius 3 is 2.81 bits per heavy atom. The van der Waals surface area contributed by atoms with E-state index in [4.69, 9.17) is 4.74 Å². The molecule has 1 heterocycles. The number of hydrogen-bond acceptors (Lipinski definition) is 4. The van der Waals surface area contributed by atoms with E-state index in [0.717, 1.165) is 32.0 Å². The molecule has 118 valence electrons. The summed E-state index contributed by atoms with van der Waals surface area (Å²) in [5, 5.41) is 3.52. The second kappa shape index (κ2) is 8.79. The van der Waals surface area contributed by atoms with E-state index in [1.165, 1.54) is 16.9 Å². The Labute approximate surface area is 133 Å². The predicted molar refractivity (Wildman–Crippen MR) is 91.1 cm³/mol. The summed E-state index contributed by atoms with van der Waals surface area (Å²) in [7, 11) is 2.17. The molecule has 2 rings (SSSR count). The Hall–Kier alpha value is -0.550. The van der Waals surface area contributed by atoms with Crippen LogP contribution in [-0.2, 0) is 4.74 Å². The number of nitrogens with one attached hydrogen (secondary N) is 1. The van der Waals surface area contributed by atoms with Crippen molar-refractivity contribution in [3.63, 3.8) is 0 Å². The number of rotatable bonds is 7. The van der Waals surface area contributed by atoms with E-state index in [-0.39, 0.29) is 0 Å². The van der Waals surface area contributed by atoms with Gasteiger partial charge in [0.15, 0.2) is 0 Å². The second-order valence-electron chi connectivity index (χ2n) is 5.81. The zero-order valence-electron chi connectivity index (χ0n) is 13.5. The lowest BCUT2D eigenvalue weighted by Gasteiger charge is -2.29. The summed E-state index contributed by atoms with van der Waals surface area (Å²) >= 11 is 1.90. The molecule has 0 spiro atoms. The van der Waals surface area contributed by atoms with Crippen LogP contribution in [0.25, 0.3) is 0 Å². The van der Waals surface area contributed by atoms with Crippen LogP contribution in [0.4, 0.5) is 0 Å². The molecule has 1 N–H and O–H groups in total. The van der Waals surface area contributed by atoms with Gasteiger partial charge >= 0.3 is 0 Å². The van der Waals surface area contributed by atoms with Crippen LogP contribution in [0, 0.1) is 0 Å². The maximum Gasteiger partial charge on any atom is 0.0796 e. The Balaban J connectivity index is 1.79. The zero-order chi connectivity index (χ0) is 15.1. The van der Waals surface area contributed by atoms with Crippen molar-refractivity contribution in [2.45, 2.75) is 37.3 Å². The molecule has 1 aliphatic heterocycles. The van der Waals surface area contributed by atoms with Crippen LogP contribution in [-0.4, -0.2) is 50.0 Å². The third kappa shape index (κ3) is 5.62. The van der Waals surface area contributed by atoms with Gasteiger partial charge in [0.05, 0.1) is 12.7 Å². The van der Waals surface area contributed by atoms with E-state index in [2.05, 4.69) is 55.4 Å². The standard InChI is InChI=1S/C17H28N2OS/c1-4-9-18-14(2)15-5-7-17(8-6-15)21-13-16-12-19(3)10-11-20-16/h5-8,14,16,18H,4,9-13H2,1-3H3. The van der Waals surface area contributed by atoms with Crippen molar-refractivity contribution in [1.82, 2.24) is 10.2 Å². The molecule has 0 amide bonds. The van der Waals surface area contributed by atoms with Crippen LogP contribution in [0.3, 0.4) is 0 Å². The first-order valence-corrected chi connectivity index (χ1v) is 8.94. The van der Waals surface area contributed by atoms with Crippen LogP contribution in [0.15, 0.2) is 29.2 Å². The van der Waals surface area contributed by atoms with Gasteiger partial charge in [-0.3, -0.25) is 0 Å². The Morgan fingerprint density at radius 1 is 1.38 bits per heavy atom. The van der Waals surface area contributed by atoms with E-state index < -0.39 is 0 Å². The zero-order valence-corrected chi connectivity index (χ0v) is 14.3. The fraction of sp³-hybridized carbons (Fsp3) is 0.647. The molecular formula is C17H28N2OS. The highest BCUT2D eigenvalue weighted by Gasteiger charge is 2.17. The van der Waals surface area contributed by atoms with E-state index in [1.54, 1.807) is 0 Å². The van der Waals surface area contributed by atoms with Crippen molar-refractivity contribution < 1.29 is 4.74 Å². The van der Waals surface area contributed by atoms with Gasteiger partial charge in [0.25, 0.3) is 0 Å². The first-order valence-electron chi connectivity index (χ1n) is 7.95. The minimum absolute atomic E-state index is 0.360. The number of ether oxygens (including phenoxy) is 1. The second-order valence-corrected chi connectivity index (χ2v) is 6.90. The summed E-state index contributed by atoms with van der Waals surface area (Å²) in [5.41, 5.74) is 1.36. The van der Waals surface area contributed by atoms with Gasteiger partial charge in [-0.1, -0.05) is 19.1 Å². The van der Waals surface area contributed by atoms with Crippen LogP contribution in [0.5, 0.6) is 0 Å². The average molecular weight is 308 g/mol. The summed E-state index contributed by atoms with van der Waals surface area (Å²) < 4.78 is 5.80. The highest BCUT2D eigenvalue weighted by Crippen LogP contribution is 2.23. The van der Waals surface area contributed by atoms with Gasteiger partial charge in [-0.2, -0.15) is 0 Å². The van der Waals surface area contributed by atoms with Gasteiger partial charge in [0.2, 0.25) is 0 Å². The first kappa shape index (κ1) is 16.8. The summed E-state index contributed by atoms with van der Waals surface area (Å²) in [6, 6.07) is 9.37. The topological polar surface area (TPSA) is 24.5 Å². The number of morpholine rings is 1. The van der Waals surface area contributed by atoms with Crippen molar-refractivity contribution >= 4 is 11.8 Å². The summed E-state index contributed by atoms with van der Waals surface area (Å²) in [5.74, 6) is 1.04. The molecule has 2 unspecified atom stereocenters. The van der Waals surface area contributed by atoms with Gasteiger partial charge in [0.1, 0.15) is 0 Å². The summed E-state index contributed by atoms with van der Waals surface area (Å²) in [6.45, 7) is 8.46. The minimum atomic E-state index is 0.360. The third-order valence-corrected chi connectivity index (χ3v) is 5.00. The van der Waals surface area contributed by atoms with Crippen molar-refractivity contribution in [2.75, 3.05) is 39.0 Å². The van der Waals surface area contributed by atoms with Crippen molar-refractivity contribution in [2.24, 2.45) is 0 Å². The van der Waals surface area contributed by atoms with Gasteiger partial charge in [-0.25, -0.2) is 0 Å². The maximum atomic E-state index is 5.80. The van der Waals surface area contributed by atoms with Gasteiger partial charge in [-0.05, 0) is 44.6 Å². The molecule has 2 atom stereocenters. The van der Waals surface area contributed by atoms with Gasteiger partial charge in [0, 0.05) is 29.8 Å². The molecule has 1 aromatic carbocycles. The van der Waals surface area contributed by atoms with E-state index in [1.807, 2.05) is 11.8 Å². The van der Waals surface area contributed by atoms with E-state index in [9.17, 15) is 0 Å². The Bertz CT molecular complexity index is 410. The van der Waals surface area contributed by atoms with Gasteiger partial charge < -0.3 is 15.0 Å². The van der Waals surface area contributed by atoms with Crippen molar-refractivity contribution in [3.8, 4) is 0 Å². The third-order valence-electron chi connectivity index (χ3n) is 3.86. The van der Waals surface area contributed by atoms with Crippen molar-refractivity contribution in [1.29, 1.82) is 0 Å². The normalized spacial score (nSPS) is 21.4. The SMILES string of the molecule is CCCNC(C)c1ccc(SCC2CN(C)CCO2)cc1. The minimum Gasteiger partial charge on any atom is -0.375 e. The molecule has 1 aliphatic rings. The Morgan fingerprint density at radius 2 is 2.14 bits per heavy atom. The monoisotopic (exact) mass is 308 g/mol. The molecule has 0 radical (unpaired) electrons. The fourth-order valence-corrected chi connectivity index (χ4v) is 3.40. The van der Waals surface area contributed by atoms with Crippen molar-refractivity contribution in [3.05, 3.63) is 29.8 Å². The maximum absolute atomic E-state index is 5.80. The molecular weight excluding hydrogens is 280 g/mol. The summed E-state index contributed by atoms with van der Waals surface area (Å²) in [4.78, 5) is 3.68. The molecule has 3 nitrogen and oxygen atoms in total. The Kier molecular flexibility index (Phi) is 7.04. The molecule has 4 heteroatoms. The van der Waals surface area contributed by atoms with Crippen LogP contribution >= 0.6 is 11.8 Å². The number of benzene rings is 1. The highest BCUT2D eigenvalue weighted by molar-refractivity contribution is 7.99. The predicted octanol–water partition coefficient (Wildman–Crippen LogP) is 3.17. The van der Waals surface area contributed by atoms with Crippen LogP contribution in [0.2, 0.25) is 0 Å². The highest BCUT2D eigenvalue weighted by atomic mass is 32.2. The molecule has 0 aromatic heterocycles. The quantitative estimate of drug-likeness (QED) is 0.782. The van der Waals surface area contributed by atoms with Gasteiger partial charge in [-0.15, -0.1) is 11.8 Å². The lowest BCUT2D eigenvalue weighted by Crippen LogP contribution is -2.41. The number of likely N-dealkylation sites (N-methyl/N-ethyl adjacent to an activating group) is 1. The molecule has 0 aliphatic carbocycles. The molecule has 1 aromatic rings. The van der Waals surface area contributed by atoms with Crippen LogP contribution < -0.4 is 5.32 Å². The molecule has 21 heavy (non-hydrogen) atoms. The average Bonchev–Trinajstić information content (AvgIpc) is 2.51. The number of hydrogen-bond donors (Lipinski definition) is 1. The smallest absolute Gasteiger partial charge is 0.0796 e. The molecule has 1 fully saturated rings. The number of thioether (sulfide) groups is 1. The fourth-order valence-electron chi connectivity index (χ4n) is 2.49.